The number of rotatable bonds is 5. The predicted octanol–water partition coefficient (Wildman–Crippen LogP) is 0.597. The Bertz CT molecular complexity index is 218. The lowest BCUT2D eigenvalue weighted by Crippen LogP contribution is -2.45. The van der Waals surface area contributed by atoms with E-state index in [4.69, 9.17) is 10.00 Å². The summed E-state index contributed by atoms with van der Waals surface area (Å²) >= 11 is 0. The fourth-order valence-electron chi connectivity index (χ4n) is 1.84. The first-order valence-corrected chi connectivity index (χ1v) is 5.57. The van der Waals surface area contributed by atoms with Gasteiger partial charge < -0.3 is 4.74 Å². The van der Waals surface area contributed by atoms with E-state index < -0.39 is 0 Å². The average Bonchev–Trinajstić information content (AvgIpc) is 2.68. The number of ether oxygens (including phenoxy) is 1. The summed E-state index contributed by atoms with van der Waals surface area (Å²) < 4.78 is 5.33. The Morgan fingerprint density at radius 3 is 2.80 bits per heavy atom. The van der Waals surface area contributed by atoms with Crippen molar-refractivity contribution in [3.05, 3.63) is 0 Å². The average molecular weight is 211 g/mol. The molecule has 0 aromatic heterocycles. The van der Waals surface area contributed by atoms with Gasteiger partial charge in [0.15, 0.2) is 0 Å². The van der Waals surface area contributed by atoms with Gasteiger partial charge in [-0.05, 0) is 27.3 Å². The van der Waals surface area contributed by atoms with Crippen LogP contribution >= 0.6 is 0 Å². The third kappa shape index (κ3) is 4.17. The fraction of sp³-hybridized carbons (Fsp3) is 0.909. The lowest BCUT2D eigenvalue weighted by atomic mass is 10.2. The first-order chi connectivity index (χ1) is 7.13. The lowest BCUT2D eigenvalue weighted by molar-refractivity contribution is 0.156. The van der Waals surface area contributed by atoms with E-state index in [0.29, 0.717) is 12.1 Å². The Morgan fingerprint density at radius 2 is 2.33 bits per heavy atom. The number of nitrogens with one attached hydrogen (secondary N) is 1. The zero-order valence-corrected chi connectivity index (χ0v) is 9.86. The van der Waals surface area contributed by atoms with Gasteiger partial charge in [0.25, 0.3) is 0 Å². The zero-order valence-electron chi connectivity index (χ0n) is 9.86. The van der Waals surface area contributed by atoms with Gasteiger partial charge in [0, 0.05) is 25.2 Å². The van der Waals surface area contributed by atoms with Crippen LogP contribution in [-0.4, -0.2) is 49.8 Å². The summed E-state index contributed by atoms with van der Waals surface area (Å²) in [6.45, 7) is 6.54. The number of nitriles is 1. The maximum atomic E-state index is 9.00. The van der Waals surface area contributed by atoms with E-state index >= 15 is 0 Å². The molecular formula is C11H21N3O. The van der Waals surface area contributed by atoms with Crippen LogP contribution in [0.3, 0.4) is 0 Å². The van der Waals surface area contributed by atoms with Crippen LogP contribution in [0.25, 0.3) is 0 Å². The number of hydrogen-bond donors (Lipinski definition) is 1. The van der Waals surface area contributed by atoms with E-state index in [1.165, 1.54) is 0 Å². The minimum atomic E-state index is -0.0874. The monoisotopic (exact) mass is 211 g/mol. The molecule has 0 amide bonds. The van der Waals surface area contributed by atoms with Crippen molar-refractivity contribution in [3.63, 3.8) is 0 Å². The smallest absolute Gasteiger partial charge is 0.108 e. The van der Waals surface area contributed by atoms with Crippen LogP contribution in [0.4, 0.5) is 0 Å². The van der Waals surface area contributed by atoms with E-state index in [1.807, 2.05) is 0 Å². The van der Waals surface area contributed by atoms with E-state index in [9.17, 15) is 0 Å². The van der Waals surface area contributed by atoms with Crippen LogP contribution in [0, 0.1) is 11.3 Å². The van der Waals surface area contributed by atoms with E-state index in [1.54, 1.807) is 0 Å². The molecule has 0 aromatic carbocycles. The minimum absolute atomic E-state index is 0.0874. The second kappa shape index (κ2) is 6.06. The molecule has 4 heteroatoms. The highest BCUT2D eigenvalue weighted by Gasteiger charge is 2.22. The molecule has 0 aliphatic carbocycles. The summed E-state index contributed by atoms with van der Waals surface area (Å²) in [5.74, 6) is 0. The molecule has 15 heavy (non-hydrogen) atoms. The van der Waals surface area contributed by atoms with Gasteiger partial charge in [-0.1, -0.05) is 0 Å². The largest absolute Gasteiger partial charge is 0.380 e. The maximum absolute atomic E-state index is 9.00. The maximum Gasteiger partial charge on any atom is 0.108 e. The van der Waals surface area contributed by atoms with E-state index in [0.717, 1.165) is 26.2 Å². The zero-order chi connectivity index (χ0) is 11.3. The quantitative estimate of drug-likeness (QED) is 0.723. The summed E-state index contributed by atoms with van der Waals surface area (Å²) in [6.07, 6.45) is 1.08. The molecule has 4 nitrogen and oxygen atoms in total. The van der Waals surface area contributed by atoms with Gasteiger partial charge in [-0.15, -0.1) is 0 Å². The number of hydrogen-bond acceptors (Lipinski definition) is 4. The second-order valence-electron chi connectivity index (χ2n) is 4.46. The summed E-state index contributed by atoms with van der Waals surface area (Å²) in [6, 6.07) is 3.04. The van der Waals surface area contributed by atoms with Crippen molar-refractivity contribution in [2.75, 3.05) is 26.8 Å². The molecule has 1 rings (SSSR count). The van der Waals surface area contributed by atoms with E-state index in [-0.39, 0.29) is 6.04 Å². The lowest BCUT2D eigenvalue weighted by Gasteiger charge is -2.26. The third-order valence-electron chi connectivity index (χ3n) is 2.69. The topological polar surface area (TPSA) is 48.3 Å². The molecule has 1 fully saturated rings. The van der Waals surface area contributed by atoms with Crippen LogP contribution in [0.15, 0.2) is 0 Å². The highest BCUT2D eigenvalue weighted by molar-refractivity contribution is 4.93. The molecule has 2 atom stereocenters. The molecular weight excluding hydrogens is 190 g/mol. The van der Waals surface area contributed by atoms with Crippen molar-refractivity contribution in [1.82, 2.24) is 10.2 Å². The van der Waals surface area contributed by atoms with Crippen LogP contribution < -0.4 is 5.32 Å². The Morgan fingerprint density at radius 1 is 1.60 bits per heavy atom. The summed E-state index contributed by atoms with van der Waals surface area (Å²) in [7, 11) is 2.06. The van der Waals surface area contributed by atoms with Crippen LogP contribution in [0.1, 0.15) is 20.3 Å². The molecule has 1 N–H and O–H groups in total. The van der Waals surface area contributed by atoms with Gasteiger partial charge in [-0.3, -0.25) is 10.2 Å². The molecule has 0 bridgehead atoms. The van der Waals surface area contributed by atoms with E-state index in [2.05, 4.69) is 37.2 Å². The fourth-order valence-corrected chi connectivity index (χ4v) is 1.84. The van der Waals surface area contributed by atoms with Gasteiger partial charge in [0.2, 0.25) is 0 Å². The highest BCUT2D eigenvalue weighted by Crippen LogP contribution is 2.10. The normalized spacial score (nSPS) is 23.3. The number of likely N-dealkylation sites (N-methyl/N-ethyl adjacent to an activating group) is 1. The molecule has 0 saturated carbocycles. The van der Waals surface area contributed by atoms with Gasteiger partial charge in [0.05, 0.1) is 12.7 Å². The number of nitrogens with zero attached hydrogens (tertiary/aromatic N) is 2. The first kappa shape index (κ1) is 12.4. The second-order valence-corrected chi connectivity index (χ2v) is 4.46. The van der Waals surface area contributed by atoms with Crippen molar-refractivity contribution in [2.45, 2.75) is 38.4 Å². The Balaban J connectivity index is 2.34. The SMILES string of the molecule is CC(C)NC(C#N)CN(C)C1CCOC1. The Hall–Kier alpha value is -0.630. The first-order valence-electron chi connectivity index (χ1n) is 5.57. The van der Waals surface area contributed by atoms with Gasteiger partial charge in [-0.2, -0.15) is 5.26 Å². The molecule has 0 spiro atoms. The van der Waals surface area contributed by atoms with Crippen molar-refractivity contribution in [1.29, 1.82) is 5.26 Å². The minimum Gasteiger partial charge on any atom is -0.380 e. The van der Waals surface area contributed by atoms with Crippen molar-refractivity contribution < 1.29 is 4.74 Å². The third-order valence-corrected chi connectivity index (χ3v) is 2.69. The molecule has 1 heterocycles. The summed E-state index contributed by atoms with van der Waals surface area (Å²) in [4.78, 5) is 2.22. The molecule has 1 saturated heterocycles. The molecule has 86 valence electrons. The van der Waals surface area contributed by atoms with Gasteiger partial charge in [-0.25, -0.2) is 0 Å². The summed E-state index contributed by atoms with van der Waals surface area (Å²) in [5, 5.41) is 12.2. The van der Waals surface area contributed by atoms with Crippen LogP contribution in [-0.2, 0) is 4.74 Å². The van der Waals surface area contributed by atoms with Crippen molar-refractivity contribution in [3.8, 4) is 6.07 Å². The standard InChI is InChI=1S/C11H21N3O/c1-9(2)13-10(6-12)7-14(3)11-4-5-15-8-11/h9-11,13H,4-5,7-8H2,1-3H3. The Labute approximate surface area is 92.2 Å². The van der Waals surface area contributed by atoms with Gasteiger partial charge in [0.1, 0.15) is 6.04 Å². The summed E-state index contributed by atoms with van der Waals surface area (Å²) in [5.41, 5.74) is 0. The molecule has 1 aliphatic heterocycles. The van der Waals surface area contributed by atoms with Crippen molar-refractivity contribution >= 4 is 0 Å². The van der Waals surface area contributed by atoms with Gasteiger partial charge >= 0.3 is 0 Å². The molecule has 1 aliphatic rings. The molecule has 0 aromatic rings. The van der Waals surface area contributed by atoms with Crippen LogP contribution in [0.2, 0.25) is 0 Å². The Kier molecular flexibility index (Phi) is 5.03. The highest BCUT2D eigenvalue weighted by atomic mass is 16.5. The van der Waals surface area contributed by atoms with Crippen molar-refractivity contribution in [2.24, 2.45) is 0 Å². The molecule has 2 unspecified atom stereocenters. The predicted molar refractivity (Wildman–Crippen MR) is 59.5 cm³/mol. The molecule has 0 radical (unpaired) electrons. The van der Waals surface area contributed by atoms with Crippen LogP contribution in [0.5, 0.6) is 0 Å².